The first-order valence-corrected chi connectivity index (χ1v) is 10.3. The SMILES string of the molecule is CN=C(NCCc1cccc(C(=O)N(C)C)c1)NCc1csc(C(C)(C)C)n1.I. The fourth-order valence-corrected chi connectivity index (χ4v) is 3.48. The van der Waals surface area contributed by atoms with Crippen molar-refractivity contribution in [3.05, 3.63) is 51.5 Å². The molecule has 2 aromatic rings. The van der Waals surface area contributed by atoms with Crippen molar-refractivity contribution in [3.8, 4) is 0 Å². The predicted octanol–water partition coefficient (Wildman–Crippen LogP) is 3.67. The number of aliphatic imine (C=N–C) groups is 1. The van der Waals surface area contributed by atoms with Gasteiger partial charge < -0.3 is 15.5 Å². The predicted molar refractivity (Wildman–Crippen MR) is 133 cm³/mol. The van der Waals surface area contributed by atoms with E-state index in [1.807, 2.05) is 24.3 Å². The van der Waals surface area contributed by atoms with Crippen molar-refractivity contribution in [2.75, 3.05) is 27.7 Å². The number of guanidine groups is 1. The number of nitrogens with zero attached hydrogens (tertiary/aromatic N) is 3. The van der Waals surface area contributed by atoms with Crippen LogP contribution in [0.25, 0.3) is 0 Å². The first-order valence-electron chi connectivity index (χ1n) is 9.40. The van der Waals surface area contributed by atoms with Crippen LogP contribution in [0, 0.1) is 0 Å². The lowest BCUT2D eigenvalue weighted by Gasteiger charge is -2.14. The highest BCUT2D eigenvalue weighted by molar-refractivity contribution is 14.0. The molecule has 8 heteroatoms. The molecule has 0 saturated heterocycles. The number of carbonyl (C=O) groups is 1. The maximum atomic E-state index is 12.1. The molecule has 0 unspecified atom stereocenters. The third kappa shape index (κ3) is 7.93. The normalized spacial score (nSPS) is 11.6. The van der Waals surface area contributed by atoms with Crippen molar-refractivity contribution >= 4 is 47.2 Å². The molecule has 0 saturated carbocycles. The minimum atomic E-state index is 0. The molecule has 1 aromatic carbocycles. The second-order valence-electron chi connectivity index (χ2n) is 7.90. The molecule has 0 spiro atoms. The highest BCUT2D eigenvalue weighted by Gasteiger charge is 2.17. The van der Waals surface area contributed by atoms with Crippen molar-refractivity contribution in [1.82, 2.24) is 20.5 Å². The van der Waals surface area contributed by atoms with Crippen LogP contribution in [0.2, 0.25) is 0 Å². The molecule has 1 amide bonds. The molecule has 1 heterocycles. The molecular weight excluding hydrogens is 497 g/mol. The number of rotatable bonds is 6. The van der Waals surface area contributed by atoms with Gasteiger partial charge in [0.2, 0.25) is 0 Å². The summed E-state index contributed by atoms with van der Waals surface area (Å²) in [7, 11) is 5.28. The molecule has 0 atom stereocenters. The summed E-state index contributed by atoms with van der Waals surface area (Å²) in [6.45, 7) is 7.88. The molecule has 6 nitrogen and oxygen atoms in total. The van der Waals surface area contributed by atoms with Crippen LogP contribution in [0.15, 0.2) is 34.6 Å². The highest BCUT2D eigenvalue weighted by atomic mass is 127. The lowest BCUT2D eigenvalue weighted by atomic mass is 9.98. The van der Waals surface area contributed by atoms with E-state index in [9.17, 15) is 4.79 Å². The summed E-state index contributed by atoms with van der Waals surface area (Å²) < 4.78 is 0. The molecule has 0 aliphatic heterocycles. The van der Waals surface area contributed by atoms with Crippen LogP contribution >= 0.6 is 35.3 Å². The molecule has 160 valence electrons. The van der Waals surface area contributed by atoms with Gasteiger partial charge in [-0.3, -0.25) is 9.79 Å². The summed E-state index contributed by atoms with van der Waals surface area (Å²) in [4.78, 5) is 22.6. The summed E-state index contributed by atoms with van der Waals surface area (Å²) in [6, 6.07) is 7.75. The Bertz CT molecular complexity index is 826. The smallest absolute Gasteiger partial charge is 0.253 e. The largest absolute Gasteiger partial charge is 0.356 e. The summed E-state index contributed by atoms with van der Waals surface area (Å²) in [5.74, 6) is 0.760. The Hall–Kier alpha value is -1.68. The zero-order valence-electron chi connectivity index (χ0n) is 18.1. The van der Waals surface area contributed by atoms with Crippen LogP contribution in [-0.4, -0.2) is 49.4 Å². The number of nitrogens with one attached hydrogen (secondary N) is 2. The summed E-state index contributed by atoms with van der Waals surface area (Å²) >= 11 is 1.69. The van der Waals surface area contributed by atoms with E-state index in [1.165, 1.54) is 0 Å². The van der Waals surface area contributed by atoms with Gasteiger partial charge in [-0.25, -0.2) is 4.98 Å². The molecule has 0 fully saturated rings. The van der Waals surface area contributed by atoms with E-state index in [2.05, 4.69) is 41.8 Å². The Kier molecular flexibility index (Phi) is 10.0. The van der Waals surface area contributed by atoms with E-state index in [4.69, 9.17) is 4.98 Å². The Morgan fingerprint density at radius 2 is 1.97 bits per heavy atom. The van der Waals surface area contributed by atoms with Crippen LogP contribution < -0.4 is 10.6 Å². The number of hydrogen-bond donors (Lipinski definition) is 2. The van der Waals surface area contributed by atoms with Crippen LogP contribution in [0.3, 0.4) is 0 Å². The second-order valence-corrected chi connectivity index (χ2v) is 8.75. The molecule has 0 aliphatic carbocycles. The highest BCUT2D eigenvalue weighted by Crippen LogP contribution is 2.25. The topological polar surface area (TPSA) is 69.6 Å². The number of aromatic nitrogens is 1. The second kappa shape index (κ2) is 11.5. The van der Waals surface area contributed by atoms with Crippen LogP contribution in [0.5, 0.6) is 0 Å². The average molecular weight is 529 g/mol. The van der Waals surface area contributed by atoms with Crippen LogP contribution in [0.4, 0.5) is 0 Å². The maximum Gasteiger partial charge on any atom is 0.253 e. The van der Waals surface area contributed by atoms with Crippen molar-refractivity contribution in [1.29, 1.82) is 0 Å². The standard InChI is InChI=1S/C21H31N5OS.HI/c1-21(2,3)19-25-17(14-28-19)13-24-20(22-4)23-11-10-15-8-7-9-16(12-15)18(27)26(5)6;/h7-9,12,14H,10-11,13H2,1-6H3,(H2,22,23,24);1H. The number of amides is 1. The minimum absolute atomic E-state index is 0. The van der Waals surface area contributed by atoms with Crippen molar-refractivity contribution in [2.45, 2.75) is 39.2 Å². The lowest BCUT2D eigenvalue weighted by molar-refractivity contribution is 0.0827. The molecule has 2 rings (SSSR count). The van der Waals surface area contributed by atoms with E-state index >= 15 is 0 Å². The quantitative estimate of drug-likeness (QED) is 0.341. The number of benzene rings is 1. The first-order chi connectivity index (χ1) is 13.2. The zero-order valence-corrected chi connectivity index (χ0v) is 21.2. The van der Waals surface area contributed by atoms with Gasteiger partial charge in [-0.15, -0.1) is 35.3 Å². The monoisotopic (exact) mass is 529 g/mol. The summed E-state index contributed by atoms with van der Waals surface area (Å²) in [5.41, 5.74) is 2.92. The van der Waals surface area contributed by atoms with Gasteiger partial charge in [-0.2, -0.15) is 0 Å². The molecule has 2 N–H and O–H groups in total. The van der Waals surface area contributed by atoms with Crippen LogP contribution in [-0.2, 0) is 18.4 Å². The van der Waals surface area contributed by atoms with Gasteiger partial charge in [0.1, 0.15) is 0 Å². The summed E-state index contributed by atoms with van der Waals surface area (Å²) in [6.07, 6.45) is 0.806. The van der Waals surface area contributed by atoms with E-state index in [0.29, 0.717) is 12.1 Å². The summed E-state index contributed by atoms with van der Waals surface area (Å²) in [5, 5.41) is 9.85. The van der Waals surface area contributed by atoms with Crippen molar-refractivity contribution in [2.24, 2.45) is 4.99 Å². The number of hydrogen-bond acceptors (Lipinski definition) is 4. The van der Waals surface area contributed by atoms with Gasteiger partial charge in [0.05, 0.1) is 17.2 Å². The number of carbonyl (C=O) groups excluding carboxylic acids is 1. The van der Waals surface area contributed by atoms with Gasteiger partial charge in [0.15, 0.2) is 5.96 Å². The van der Waals surface area contributed by atoms with E-state index in [-0.39, 0.29) is 35.3 Å². The Labute approximate surface area is 195 Å². The Morgan fingerprint density at radius 3 is 2.55 bits per heavy atom. The fraction of sp³-hybridized carbons (Fsp3) is 0.476. The maximum absolute atomic E-state index is 12.1. The van der Waals surface area contributed by atoms with E-state index in [0.717, 1.165) is 35.2 Å². The third-order valence-corrected chi connectivity index (χ3v) is 5.46. The zero-order chi connectivity index (χ0) is 20.7. The van der Waals surface area contributed by atoms with Gasteiger partial charge in [0, 0.05) is 44.0 Å². The van der Waals surface area contributed by atoms with Gasteiger partial charge in [0.25, 0.3) is 5.91 Å². The average Bonchev–Trinajstić information content (AvgIpc) is 3.13. The molecule has 1 aromatic heterocycles. The Morgan fingerprint density at radius 1 is 1.24 bits per heavy atom. The van der Waals surface area contributed by atoms with Crippen molar-refractivity contribution in [3.63, 3.8) is 0 Å². The fourth-order valence-electron chi connectivity index (χ4n) is 2.57. The van der Waals surface area contributed by atoms with Gasteiger partial charge in [-0.05, 0) is 24.1 Å². The molecule has 29 heavy (non-hydrogen) atoms. The molecule has 0 aliphatic rings. The van der Waals surface area contributed by atoms with Crippen molar-refractivity contribution < 1.29 is 4.79 Å². The number of halogens is 1. The first kappa shape index (κ1) is 25.4. The Balaban J connectivity index is 0.00000420. The van der Waals surface area contributed by atoms with Crippen LogP contribution in [0.1, 0.15) is 47.4 Å². The lowest BCUT2D eigenvalue weighted by Crippen LogP contribution is -2.38. The van der Waals surface area contributed by atoms with E-state index < -0.39 is 0 Å². The molecule has 0 bridgehead atoms. The van der Waals surface area contributed by atoms with Gasteiger partial charge >= 0.3 is 0 Å². The third-order valence-electron chi connectivity index (χ3n) is 4.14. The molecular formula is C21H32IN5OS. The molecule has 0 radical (unpaired) electrons. The number of thiazole rings is 1. The van der Waals surface area contributed by atoms with Gasteiger partial charge in [-0.1, -0.05) is 32.9 Å². The minimum Gasteiger partial charge on any atom is -0.356 e. The van der Waals surface area contributed by atoms with E-state index in [1.54, 1.807) is 37.4 Å².